The predicted octanol–water partition coefficient (Wildman–Crippen LogP) is 3.54. The lowest BCUT2D eigenvalue weighted by Gasteiger charge is -2.25. The summed E-state index contributed by atoms with van der Waals surface area (Å²) in [4.78, 5) is 0. The average Bonchev–Trinajstić information content (AvgIpc) is 2.23. The maximum absolute atomic E-state index is 13.0. The second-order valence-electron chi connectivity index (χ2n) is 4.25. The molecule has 84 valence electrons. The van der Waals surface area contributed by atoms with E-state index in [1.165, 1.54) is 6.07 Å². The Hall–Kier alpha value is -0.410. The first kappa shape index (κ1) is 12.7. The fraction of sp³-hybridized carbons (Fsp3) is 0.500. The maximum Gasteiger partial charge on any atom is 0.137 e. The first-order valence-corrected chi connectivity index (χ1v) is 5.85. The van der Waals surface area contributed by atoms with Gasteiger partial charge in [0.15, 0.2) is 0 Å². The quantitative estimate of drug-likeness (QED) is 0.891. The van der Waals surface area contributed by atoms with Crippen molar-refractivity contribution in [3.05, 3.63) is 34.1 Å². The molecule has 1 atom stereocenters. The van der Waals surface area contributed by atoms with Gasteiger partial charge in [0.2, 0.25) is 0 Å². The average molecular weight is 275 g/mol. The minimum atomic E-state index is -0.249. The van der Waals surface area contributed by atoms with Gasteiger partial charge in [0.25, 0.3) is 0 Å². The van der Waals surface area contributed by atoms with Crippen LogP contribution in [0.4, 0.5) is 4.39 Å². The van der Waals surface area contributed by atoms with Crippen LogP contribution in [0.2, 0.25) is 0 Å². The summed E-state index contributed by atoms with van der Waals surface area (Å²) in [5.41, 5.74) is 0.929. The number of hydrogen-bond donors (Lipinski definition) is 1. The molecule has 1 aromatic carbocycles. The monoisotopic (exact) mass is 274 g/mol. The highest BCUT2D eigenvalue weighted by Gasteiger charge is 2.21. The van der Waals surface area contributed by atoms with Crippen molar-refractivity contribution in [1.29, 1.82) is 0 Å². The van der Waals surface area contributed by atoms with Gasteiger partial charge in [-0.3, -0.25) is 0 Å². The van der Waals surface area contributed by atoms with Crippen LogP contribution >= 0.6 is 15.9 Å². The van der Waals surface area contributed by atoms with Crippen molar-refractivity contribution in [3.63, 3.8) is 0 Å². The highest BCUT2D eigenvalue weighted by molar-refractivity contribution is 9.10. The Kier molecular flexibility index (Phi) is 4.29. The zero-order chi connectivity index (χ0) is 11.5. The highest BCUT2D eigenvalue weighted by Crippen LogP contribution is 2.27. The Morgan fingerprint density at radius 2 is 2.13 bits per heavy atom. The van der Waals surface area contributed by atoms with Crippen LogP contribution in [0.15, 0.2) is 22.7 Å². The molecular formula is C12H16BrFO. The van der Waals surface area contributed by atoms with Crippen molar-refractivity contribution in [2.75, 3.05) is 6.61 Å². The van der Waals surface area contributed by atoms with E-state index in [1.54, 1.807) is 12.1 Å². The van der Waals surface area contributed by atoms with Gasteiger partial charge in [-0.05, 0) is 51.9 Å². The molecule has 0 bridgehead atoms. The van der Waals surface area contributed by atoms with Crippen LogP contribution in [0.3, 0.4) is 0 Å². The van der Waals surface area contributed by atoms with Gasteiger partial charge < -0.3 is 5.11 Å². The van der Waals surface area contributed by atoms with Gasteiger partial charge in [-0.25, -0.2) is 4.39 Å². The molecular weight excluding hydrogens is 259 g/mol. The smallest absolute Gasteiger partial charge is 0.137 e. The Morgan fingerprint density at radius 1 is 1.47 bits per heavy atom. The highest BCUT2D eigenvalue weighted by atomic mass is 79.9. The molecule has 1 N–H and O–H groups in total. The number of aliphatic hydroxyl groups excluding tert-OH is 1. The number of benzene rings is 1. The second-order valence-corrected chi connectivity index (χ2v) is 5.10. The zero-order valence-corrected chi connectivity index (χ0v) is 10.6. The van der Waals surface area contributed by atoms with E-state index < -0.39 is 0 Å². The molecule has 0 aliphatic carbocycles. The molecule has 0 aliphatic rings. The molecule has 1 rings (SSSR count). The third-order valence-electron chi connectivity index (χ3n) is 2.85. The second kappa shape index (κ2) is 5.08. The van der Waals surface area contributed by atoms with Crippen molar-refractivity contribution < 1.29 is 9.50 Å². The van der Waals surface area contributed by atoms with E-state index in [0.717, 1.165) is 18.4 Å². The molecule has 0 heterocycles. The molecule has 15 heavy (non-hydrogen) atoms. The lowest BCUT2D eigenvalue weighted by atomic mass is 9.82. The summed E-state index contributed by atoms with van der Waals surface area (Å²) >= 11 is 3.16. The maximum atomic E-state index is 13.0. The zero-order valence-electron chi connectivity index (χ0n) is 9.06. The Labute approximate surface area is 98.4 Å². The minimum absolute atomic E-state index is 0.114. The molecule has 0 spiro atoms. The molecule has 0 saturated carbocycles. The molecule has 1 unspecified atom stereocenters. The van der Waals surface area contributed by atoms with Gasteiger partial charge in [0.05, 0.1) is 4.47 Å². The number of halogens is 2. The van der Waals surface area contributed by atoms with Gasteiger partial charge in [0.1, 0.15) is 5.82 Å². The Balaban J connectivity index is 2.85. The molecule has 0 saturated heterocycles. The van der Waals surface area contributed by atoms with E-state index in [0.29, 0.717) is 4.47 Å². The third-order valence-corrected chi connectivity index (χ3v) is 3.46. The molecule has 0 aromatic heterocycles. The molecule has 3 heteroatoms. The lowest BCUT2D eigenvalue weighted by molar-refractivity contribution is 0.137. The third kappa shape index (κ3) is 3.28. The standard InChI is InChI=1S/C12H16BrFO/c1-3-12(2,8-15)7-9-4-5-11(14)10(13)6-9/h4-6,15H,3,7-8H2,1-2H3. The van der Waals surface area contributed by atoms with Crippen LogP contribution in [-0.2, 0) is 6.42 Å². The summed E-state index contributed by atoms with van der Waals surface area (Å²) in [6, 6.07) is 5.00. The number of aliphatic hydroxyl groups is 1. The van der Waals surface area contributed by atoms with Crippen LogP contribution in [0, 0.1) is 11.2 Å². The molecule has 1 nitrogen and oxygen atoms in total. The van der Waals surface area contributed by atoms with Crippen LogP contribution in [0.1, 0.15) is 25.8 Å². The van der Waals surface area contributed by atoms with Gasteiger partial charge in [-0.2, -0.15) is 0 Å². The van der Waals surface area contributed by atoms with Crippen molar-refractivity contribution in [2.24, 2.45) is 5.41 Å². The van der Waals surface area contributed by atoms with E-state index in [-0.39, 0.29) is 17.8 Å². The molecule has 0 amide bonds. The van der Waals surface area contributed by atoms with Crippen LogP contribution in [0.5, 0.6) is 0 Å². The topological polar surface area (TPSA) is 20.2 Å². The van der Waals surface area contributed by atoms with Gasteiger partial charge in [-0.15, -0.1) is 0 Å². The summed E-state index contributed by atoms with van der Waals surface area (Å²) < 4.78 is 13.5. The van der Waals surface area contributed by atoms with E-state index in [2.05, 4.69) is 22.9 Å². The summed E-state index contributed by atoms with van der Waals surface area (Å²) in [7, 11) is 0. The Morgan fingerprint density at radius 3 is 2.60 bits per heavy atom. The van der Waals surface area contributed by atoms with Gasteiger partial charge >= 0.3 is 0 Å². The first-order valence-electron chi connectivity index (χ1n) is 5.05. The van der Waals surface area contributed by atoms with Crippen molar-refractivity contribution in [2.45, 2.75) is 26.7 Å². The molecule has 1 aromatic rings. The van der Waals surface area contributed by atoms with E-state index in [4.69, 9.17) is 0 Å². The normalized spacial score (nSPS) is 15.0. The van der Waals surface area contributed by atoms with Crippen LogP contribution in [0.25, 0.3) is 0 Å². The predicted molar refractivity (Wildman–Crippen MR) is 63.3 cm³/mol. The summed E-state index contributed by atoms with van der Waals surface area (Å²) in [6.07, 6.45) is 1.66. The Bertz CT molecular complexity index is 334. The van der Waals surface area contributed by atoms with Gasteiger partial charge in [-0.1, -0.05) is 19.9 Å². The van der Waals surface area contributed by atoms with E-state index in [1.807, 2.05) is 6.92 Å². The van der Waals surface area contributed by atoms with Gasteiger partial charge in [0, 0.05) is 6.61 Å². The van der Waals surface area contributed by atoms with E-state index in [9.17, 15) is 9.50 Å². The summed E-state index contributed by atoms with van der Waals surface area (Å²) in [6.45, 7) is 4.23. The van der Waals surface area contributed by atoms with E-state index >= 15 is 0 Å². The van der Waals surface area contributed by atoms with Crippen molar-refractivity contribution in [3.8, 4) is 0 Å². The largest absolute Gasteiger partial charge is 0.396 e. The van der Waals surface area contributed by atoms with Crippen LogP contribution < -0.4 is 0 Å². The molecule has 0 radical (unpaired) electrons. The van der Waals surface area contributed by atoms with Crippen molar-refractivity contribution >= 4 is 15.9 Å². The summed E-state index contributed by atoms with van der Waals surface area (Å²) in [5.74, 6) is -0.249. The first-order chi connectivity index (χ1) is 7.00. The SMILES string of the molecule is CCC(C)(CO)Cc1ccc(F)c(Br)c1. The summed E-state index contributed by atoms with van der Waals surface area (Å²) in [5, 5.41) is 9.28. The van der Waals surface area contributed by atoms with Crippen molar-refractivity contribution in [1.82, 2.24) is 0 Å². The van der Waals surface area contributed by atoms with Crippen LogP contribution in [-0.4, -0.2) is 11.7 Å². The fourth-order valence-electron chi connectivity index (χ4n) is 1.44. The fourth-order valence-corrected chi connectivity index (χ4v) is 1.86. The minimum Gasteiger partial charge on any atom is -0.396 e. The number of rotatable bonds is 4. The molecule has 0 fully saturated rings. The lowest BCUT2D eigenvalue weighted by Crippen LogP contribution is -2.23. The molecule has 0 aliphatic heterocycles. The number of hydrogen-bond acceptors (Lipinski definition) is 1.